The molecule has 2 aliphatic heterocycles. The molecular formula is C29H34N6O3. The van der Waals surface area contributed by atoms with E-state index in [4.69, 9.17) is 14.5 Å². The summed E-state index contributed by atoms with van der Waals surface area (Å²) in [5.74, 6) is 1.72. The van der Waals surface area contributed by atoms with E-state index in [0.717, 1.165) is 74.6 Å². The molecule has 9 nitrogen and oxygen atoms in total. The minimum absolute atomic E-state index is 0.119. The molecule has 2 fully saturated rings. The van der Waals surface area contributed by atoms with Crippen molar-refractivity contribution in [3.63, 3.8) is 0 Å². The number of aromatic nitrogens is 5. The SMILES string of the molecule is COc1cccc(-n2cc3nc(-c4cccnc4C)n(C[C@H]4CCCN(CC5CCCO5)C4)c(=O)c3n2)c1. The molecule has 3 aromatic heterocycles. The lowest BCUT2D eigenvalue weighted by Gasteiger charge is -2.34. The van der Waals surface area contributed by atoms with Crippen molar-refractivity contribution >= 4 is 11.0 Å². The van der Waals surface area contributed by atoms with E-state index in [9.17, 15) is 4.79 Å². The molecule has 1 unspecified atom stereocenters. The van der Waals surface area contributed by atoms with Gasteiger partial charge in [-0.05, 0) is 69.3 Å². The van der Waals surface area contributed by atoms with Crippen LogP contribution in [0.2, 0.25) is 0 Å². The van der Waals surface area contributed by atoms with Crippen molar-refractivity contribution in [2.45, 2.75) is 45.3 Å². The van der Waals surface area contributed by atoms with E-state index in [-0.39, 0.29) is 5.56 Å². The van der Waals surface area contributed by atoms with Gasteiger partial charge in [0.15, 0.2) is 5.52 Å². The Morgan fingerprint density at radius 3 is 2.87 bits per heavy atom. The molecule has 4 aromatic rings. The van der Waals surface area contributed by atoms with Gasteiger partial charge in [0.1, 0.15) is 17.1 Å². The predicted molar refractivity (Wildman–Crippen MR) is 146 cm³/mol. The molecule has 6 rings (SSSR count). The summed E-state index contributed by atoms with van der Waals surface area (Å²) >= 11 is 0. The molecule has 0 N–H and O–H groups in total. The molecule has 0 spiro atoms. The second kappa shape index (κ2) is 10.7. The highest BCUT2D eigenvalue weighted by Gasteiger charge is 2.27. The summed E-state index contributed by atoms with van der Waals surface area (Å²) < 4.78 is 14.8. The standard InChI is InChI=1S/C29H34N6O3/c1-20-25(11-4-12-30-20)28-31-26-19-35(22-8-3-9-23(15-22)37-2)32-27(26)29(36)34(28)17-21-7-5-13-33(16-21)18-24-10-6-14-38-24/h3-4,8-9,11-12,15,19,21,24H,5-7,10,13-14,16-18H2,1-2H3/t21-,24?/m0/s1. The number of pyridine rings is 1. The lowest BCUT2D eigenvalue weighted by molar-refractivity contribution is 0.0545. The van der Waals surface area contributed by atoms with E-state index in [0.29, 0.717) is 35.4 Å². The number of piperidine rings is 1. The van der Waals surface area contributed by atoms with Crippen LogP contribution in [0.3, 0.4) is 0 Å². The predicted octanol–water partition coefficient (Wildman–Crippen LogP) is 3.85. The van der Waals surface area contributed by atoms with Gasteiger partial charge in [0.2, 0.25) is 0 Å². The van der Waals surface area contributed by atoms with Crippen molar-refractivity contribution in [2.75, 3.05) is 33.4 Å². The Morgan fingerprint density at radius 2 is 2.05 bits per heavy atom. The number of hydrogen-bond acceptors (Lipinski definition) is 7. The molecule has 0 bridgehead atoms. The van der Waals surface area contributed by atoms with Crippen LogP contribution in [0.1, 0.15) is 31.4 Å². The maximum absolute atomic E-state index is 14.0. The van der Waals surface area contributed by atoms with Crippen molar-refractivity contribution < 1.29 is 9.47 Å². The second-order valence-corrected chi connectivity index (χ2v) is 10.4. The summed E-state index contributed by atoms with van der Waals surface area (Å²) in [4.78, 5) is 26.0. The first-order chi connectivity index (χ1) is 18.6. The largest absolute Gasteiger partial charge is 0.497 e. The molecular weight excluding hydrogens is 480 g/mol. The average molecular weight is 515 g/mol. The smallest absolute Gasteiger partial charge is 0.282 e. The average Bonchev–Trinajstić information content (AvgIpc) is 3.61. The molecule has 9 heteroatoms. The van der Waals surface area contributed by atoms with Crippen molar-refractivity contribution in [3.8, 4) is 22.8 Å². The quantitative estimate of drug-likeness (QED) is 0.370. The summed E-state index contributed by atoms with van der Waals surface area (Å²) in [6, 6.07) is 11.5. The molecule has 2 aliphatic rings. The first-order valence-electron chi connectivity index (χ1n) is 13.5. The topological polar surface area (TPSA) is 87.3 Å². The number of hydrogen-bond donors (Lipinski definition) is 0. The van der Waals surface area contributed by atoms with Gasteiger partial charge in [0.05, 0.1) is 25.1 Å². The zero-order valence-corrected chi connectivity index (χ0v) is 22.0. The Bertz CT molecular complexity index is 1490. The van der Waals surface area contributed by atoms with Gasteiger partial charge in [-0.2, -0.15) is 5.10 Å². The number of aryl methyl sites for hydroxylation is 1. The summed E-state index contributed by atoms with van der Waals surface area (Å²) in [6.07, 6.45) is 8.41. The maximum atomic E-state index is 14.0. The zero-order valence-electron chi connectivity index (χ0n) is 22.0. The van der Waals surface area contributed by atoms with Gasteiger partial charge < -0.3 is 14.4 Å². The lowest BCUT2D eigenvalue weighted by atomic mass is 9.97. The summed E-state index contributed by atoms with van der Waals surface area (Å²) in [5, 5.41) is 4.67. The molecule has 198 valence electrons. The summed E-state index contributed by atoms with van der Waals surface area (Å²) in [5.41, 5.74) is 3.33. The molecule has 38 heavy (non-hydrogen) atoms. The van der Waals surface area contributed by atoms with E-state index in [1.54, 1.807) is 18.0 Å². The van der Waals surface area contributed by atoms with E-state index in [1.165, 1.54) is 0 Å². The lowest BCUT2D eigenvalue weighted by Crippen LogP contribution is -2.42. The Hall–Kier alpha value is -3.56. The molecule has 5 heterocycles. The third-order valence-electron chi connectivity index (χ3n) is 7.72. The van der Waals surface area contributed by atoms with Gasteiger partial charge in [-0.25, -0.2) is 9.67 Å². The molecule has 1 aromatic carbocycles. The molecule has 2 atom stereocenters. The van der Waals surface area contributed by atoms with Crippen LogP contribution >= 0.6 is 0 Å². The number of methoxy groups -OCH3 is 1. The van der Waals surface area contributed by atoms with Crippen LogP contribution in [0.25, 0.3) is 28.1 Å². The summed E-state index contributed by atoms with van der Waals surface area (Å²) in [6.45, 7) is 6.44. The van der Waals surface area contributed by atoms with Crippen LogP contribution in [0.4, 0.5) is 0 Å². The van der Waals surface area contributed by atoms with Gasteiger partial charge in [-0.1, -0.05) is 6.07 Å². The van der Waals surface area contributed by atoms with Crippen molar-refractivity contribution in [2.24, 2.45) is 5.92 Å². The van der Waals surface area contributed by atoms with Crippen LogP contribution in [0.15, 0.2) is 53.6 Å². The van der Waals surface area contributed by atoms with E-state index < -0.39 is 0 Å². The van der Waals surface area contributed by atoms with Gasteiger partial charge in [-0.3, -0.25) is 14.3 Å². The van der Waals surface area contributed by atoms with Crippen LogP contribution in [-0.4, -0.2) is 68.7 Å². The van der Waals surface area contributed by atoms with Crippen LogP contribution in [0, 0.1) is 12.8 Å². The normalized spacial score (nSPS) is 20.3. The van der Waals surface area contributed by atoms with E-state index >= 15 is 0 Å². The molecule has 0 amide bonds. The Labute approximate surface area is 222 Å². The van der Waals surface area contributed by atoms with Crippen molar-refractivity contribution in [1.29, 1.82) is 0 Å². The van der Waals surface area contributed by atoms with Gasteiger partial charge in [-0.15, -0.1) is 0 Å². The monoisotopic (exact) mass is 514 g/mol. The number of benzene rings is 1. The minimum Gasteiger partial charge on any atom is -0.497 e. The zero-order chi connectivity index (χ0) is 26.1. The van der Waals surface area contributed by atoms with Crippen LogP contribution in [-0.2, 0) is 11.3 Å². The third kappa shape index (κ3) is 4.96. The molecule has 2 saturated heterocycles. The number of fused-ring (bicyclic) bond motifs is 1. The number of likely N-dealkylation sites (tertiary alicyclic amines) is 1. The highest BCUT2D eigenvalue weighted by molar-refractivity contribution is 5.76. The van der Waals surface area contributed by atoms with Gasteiger partial charge in [0.25, 0.3) is 5.56 Å². The molecule has 0 radical (unpaired) electrons. The molecule has 0 saturated carbocycles. The minimum atomic E-state index is -0.119. The maximum Gasteiger partial charge on any atom is 0.282 e. The second-order valence-electron chi connectivity index (χ2n) is 10.4. The fourth-order valence-corrected chi connectivity index (χ4v) is 5.78. The van der Waals surface area contributed by atoms with Crippen molar-refractivity contribution in [3.05, 3.63) is 64.8 Å². The third-order valence-corrected chi connectivity index (χ3v) is 7.72. The number of ether oxygens (including phenoxy) is 2. The summed E-state index contributed by atoms with van der Waals surface area (Å²) in [7, 11) is 1.63. The van der Waals surface area contributed by atoms with Crippen molar-refractivity contribution in [1.82, 2.24) is 29.2 Å². The molecule has 0 aliphatic carbocycles. The number of nitrogens with zero attached hydrogens (tertiary/aromatic N) is 6. The number of rotatable bonds is 7. The Kier molecular flexibility index (Phi) is 6.95. The van der Waals surface area contributed by atoms with Crippen LogP contribution in [0.5, 0.6) is 5.75 Å². The van der Waals surface area contributed by atoms with Crippen LogP contribution < -0.4 is 10.3 Å². The Balaban J connectivity index is 1.38. The Morgan fingerprint density at radius 1 is 1.13 bits per heavy atom. The first-order valence-corrected chi connectivity index (χ1v) is 13.5. The van der Waals surface area contributed by atoms with Gasteiger partial charge >= 0.3 is 0 Å². The highest BCUT2D eigenvalue weighted by atomic mass is 16.5. The fraction of sp³-hybridized carbons (Fsp3) is 0.448. The van der Waals surface area contributed by atoms with E-state index in [2.05, 4.69) is 15.0 Å². The highest BCUT2D eigenvalue weighted by Crippen LogP contribution is 2.26. The fourth-order valence-electron chi connectivity index (χ4n) is 5.78. The first kappa shape index (κ1) is 24.8. The van der Waals surface area contributed by atoms with E-state index in [1.807, 2.05) is 54.1 Å². The van der Waals surface area contributed by atoms with Gasteiger partial charge in [0, 0.05) is 49.8 Å².